The molecule has 17 heteroatoms. The minimum absolute atomic E-state index is 0.00626. The van der Waals surface area contributed by atoms with Gasteiger partial charge in [0.2, 0.25) is 5.91 Å². The Morgan fingerprint density at radius 2 is 1.16 bits per heavy atom. The summed E-state index contributed by atoms with van der Waals surface area (Å²) in [4.78, 5) is 34.2. The average molecular weight is 754 g/mol. The Bertz CT molecular complexity index is 1860. The van der Waals surface area contributed by atoms with Gasteiger partial charge in [0.05, 0.1) is 42.1 Å². The van der Waals surface area contributed by atoms with Crippen molar-refractivity contribution in [2.24, 2.45) is 0 Å². The van der Waals surface area contributed by atoms with Gasteiger partial charge in [-0.1, -0.05) is 47.5 Å². The molecule has 0 saturated carbocycles. The Morgan fingerprint density at radius 3 is 1.61 bits per heavy atom. The van der Waals surface area contributed by atoms with Gasteiger partial charge in [0.25, 0.3) is 0 Å². The van der Waals surface area contributed by atoms with E-state index in [2.05, 4.69) is 14.8 Å². The van der Waals surface area contributed by atoms with Gasteiger partial charge in [0, 0.05) is 12.1 Å². The highest BCUT2D eigenvalue weighted by Gasteiger charge is 2.22. The largest absolute Gasteiger partial charge is 0.478 e. The van der Waals surface area contributed by atoms with E-state index >= 15 is 0 Å². The minimum Gasteiger partial charge on any atom is -0.478 e. The van der Waals surface area contributed by atoms with E-state index in [0.29, 0.717) is 11.5 Å². The van der Waals surface area contributed by atoms with Crippen molar-refractivity contribution >= 4 is 52.4 Å². The molecular formula is C34H32Cl2F2N2O11. The van der Waals surface area contributed by atoms with Crippen molar-refractivity contribution in [2.45, 2.75) is 19.1 Å². The molecular weight excluding hydrogens is 721 g/mol. The molecule has 1 amide bonds. The van der Waals surface area contributed by atoms with E-state index in [1.807, 2.05) is 0 Å². The van der Waals surface area contributed by atoms with Crippen LogP contribution < -0.4 is 30.0 Å². The topological polar surface area (TPSA) is 185 Å². The molecule has 0 unspecified atom stereocenters. The van der Waals surface area contributed by atoms with Crippen molar-refractivity contribution in [3.8, 4) is 34.5 Å². The van der Waals surface area contributed by atoms with Crippen molar-refractivity contribution in [3.63, 3.8) is 0 Å². The molecule has 4 rings (SSSR count). The van der Waals surface area contributed by atoms with Gasteiger partial charge in [-0.3, -0.25) is 4.79 Å². The summed E-state index contributed by atoms with van der Waals surface area (Å²) in [6.07, 6.45) is -0.671. The molecule has 5 N–H and O–H groups in total. The molecule has 0 aliphatic rings. The number of nitrogen functional groups attached to an aromatic ring is 1. The zero-order valence-corrected chi connectivity index (χ0v) is 28.7. The van der Waals surface area contributed by atoms with Crippen LogP contribution in [0.25, 0.3) is 0 Å². The van der Waals surface area contributed by atoms with Crippen molar-refractivity contribution < 1.29 is 61.8 Å². The number of methoxy groups -OCH3 is 2. The number of rotatable bonds is 13. The molecule has 4 aromatic rings. The van der Waals surface area contributed by atoms with Crippen LogP contribution in [0, 0.1) is 11.6 Å². The highest BCUT2D eigenvalue weighted by molar-refractivity contribution is 6.32. The summed E-state index contributed by atoms with van der Waals surface area (Å²) >= 11 is 11.9. The lowest BCUT2D eigenvalue weighted by Crippen LogP contribution is -2.30. The number of anilines is 2. The molecule has 13 nitrogen and oxygen atoms in total. The number of benzene rings is 4. The third-order valence-electron chi connectivity index (χ3n) is 6.13. The second kappa shape index (κ2) is 18.6. The van der Waals surface area contributed by atoms with E-state index in [-0.39, 0.29) is 57.6 Å². The van der Waals surface area contributed by atoms with E-state index in [9.17, 15) is 33.4 Å². The number of carbonyl (C=O) groups is 3. The van der Waals surface area contributed by atoms with Crippen molar-refractivity contribution in [2.75, 3.05) is 38.5 Å². The smallest absolute Gasteiger partial charge is 0.343 e. The third-order valence-corrected chi connectivity index (χ3v) is 6.72. The predicted octanol–water partition coefficient (Wildman–Crippen LogP) is 6.26. The monoisotopic (exact) mass is 752 g/mol. The maximum atomic E-state index is 14.1. The summed E-state index contributed by atoms with van der Waals surface area (Å²) in [5.74, 6) is -4.50. The van der Waals surface area contributed by atoms with Crippen molar-refractivity contribution in [3.05, 3.63) is 94.5 Å². The van der Waals surface area contributed by atoms with Gasteiger partial charge in [-0.25, -0.2) is 18.4 Å². The molecule has 0 aliphatic heterocycles. The lowest BCUT2D eigenvalue weighted by atomic mass is 10.2. The van der Waals surface area contributed by atoms with Crippen LogP contribution in [0.3, 0.4) is 0 Å². The summed E-state index contributed by atoms with van der Waals surface area (Å²) in [5, 5.41) is 20.7. The second-order valence-corrected chi connectivity index (χ2v) is 11.2. The first kappa shape index (κ1) is 40.1. The lowest BCUT2D eigenvalue weighted by molar-refractivity contribution is -0.158. The normalized spacial score (nSPS) is 10.6. The van der Waals surface area contributed by atoms with Crippen molar-refractivity contribution in [1.82, 2.24) is 0 Å². The summed E-state index contributed by atoms with van der Waals surface area (Å²) in [7, 11) is 2.48. The van der Waals surface area contributed by atoms with Crippen LogP contribution in [0.5, 0.6) is 34.5 Å². The highest BCUT2D eigenvalue weighted by atomic mass is 35.5. The van der Waals surface area contributed by atoms with Crippen LogP contribution in [-0.2, 0) is 23.9 Å². The molecule has 0 heterocycles. The maximum absolute atomic E-state index is 14.1. The molecule has 4 aromatic carbocycles. The lowest BCUT2D eigenvalue weighted by Gasteiger charge is -2.17. The van der Waals surface area contributed by atoms with E-state index in [1.54, 1.807) is 42.5 Å². The van der Waals surface area contributed by atoms with Crippen LogP contribution in [0.4, 0.5) is 20.2 Å². The number of para-hydroxylation sites is 4. The van der Waals surface area contributed by atoms with Gasteiger partial charge in [0.1, 0.15) is 23.1 Å². The Kier molecular flexibility index (Phi) is 14.6. The molecule has 51 heavy (non-hydrogen) atoms. The summed E-state index contributed by atoms with van der Waals surface area (Å²) in [6, 6.07) is 17.4. The molecule has 0 aliphatic carbocycles. The molecule has 0 aromatic heterocycles. The average Bonchev–Trinajstić information content (AvgIpc) is 3.07. The molecule has 272 valence electrons. The van der Waals surface area contributed by atoms with Gasteiger partial charge in [-0.2, -0.15) is 0 Å². The Balaban J connectivity index is 0.000000286. The number of hydrogen-bond donors (Lipinski definition) is 4. The minimum atomic E-state index is -2.25. The first-order valence-corrected chi connectivity index (χ1v) is 15.3. The van der Waals surface area contributed by atoms with Gasteiger partial charge in [-0.15, -0.1) is 0 Å². The molecule has 0 radical (unpaired) electrons. The SMILES string of the molecule is COC(=O)COc1ccccc1Oc1cc(N)c(F)cc1Cl.COC(=O)COc1ccccc1Oc1cc(NC(=O)CC(C)(O)O)c(F)cc1Cl. The molecule has 0 saturated heterocycles. The zero-order chi connectivity index (χ0) is 37.7. The van der Waals surface area contributed by atoms with Crippen molar-refractivity contribution in [1.29, 1.82) is 0 Å². The van der Waals surface area contributed by atoms with E-state index < -0.39 is 41.7 Å². The van der Waals surface area contributed by atoms with Crippen LogP contribution >= 0.6 is 23.2 Å². The van der Waals surface area contributed by atoms with E-state index in [4.69, 9.17) is 47.9 Å². The Morgan fingerprint density at radius 1 is 0.725 bits per heavy atom. The fourth-order valence-electron chi connectivity index (χ4n) is 3.76. The standard InChI is InChI=1S/C19H19ClFNO7.C15H13ClFNO4/c1-19(25,26)9-17(23)22-13-8-16(11(20)7-12(13)21)29-15-6-4-3-5-14(15)28-10-18(24)27-2;1-20-15(19)8-21-12-4-2-3-5-13(12)22-14-7-11(18)10(17)6-9(14)16/h3-8,25-26H,9-10H2,1-2H3,(H,22,23);2-7H,8,18H2,1H3. The summed E-state index contributed by atoms with van der Waals surface area (Å²) < 4.78 is 58.3. The fourth-order valence-corrected chi connectivity index (χ4v) is 4.14. The maximum Gasteiger partial charge on any atom is 0.343 e. The number of esters is 2. The van der Waals surface area contributed by atoms with Gasteiger partial charge in [0.15, 0.2) is 42.0 Å². The van der Waals surface area contributed by atoms with E-state index in [0.717, 1.165) is 25.1 Å². The number of hydrogen-bond acceptors (Lipinski definition) is 12. The Hall–Kier alpha value is -5.35. The van der Waals surface area contributed by atoms with Crippen LogP contribution in [0.15, 0.2) is 72.8 Å². The quantitative estimate of drug-likeness (QED) is 0.0684. The zero-order valence-electron chi connectivity index (χ0n) is 27.2. The predicted molar refractivity (Wildman–Crippen MR) is 181 cm³/mol. The van der Waals surface area contributed by atoms with Crippen LogP contribution in [0.1, 0.15) is 13.3 Å². The number of nitrogens with one attached hydrogen (secondary N) is 1. The highest BCUT2D eigenvalue weighted by Crippen LogP contribution is 2.38. The van der Waals surface area contributed by atoms with Gasteiger partial charge < -0.3 is 49.7 Å². The number of nitrogens with two attached hydrogens (primary N) is 1. The number of carbonyl (C=O) groups excluding carboxylic acids is 3. The van der Waals surface area contributed by atoms with Gasteiger partial charge >= 0.3 is 11.9 Å². The number of halogens is 4. The Labute approximate surface area is 300 Å². The second-order valence-electron chi connectivity index (χ2n) is 10.3. The molecule has 0 fully saturated rings. The molecule has 0 atom stereocenters. The summed E-state index contributed by atoms with van der Waals surface area (Å²) in [6.45, 7) is 0.400. The molecule has 0 bridgehead atoms. The number of amides is 1. The van der Waals surface area contributed by atoms with Gasteiger partial charge in [-0.05, 0) is 43.3 Å². The first-order chi connectivity index (χ1) is 24.1. The number of ether oxygens (including phenoxy) is 6. The van der Waals surface area contributed by atoms with Crippen LogP contribution in [-0.4, -0.2) is 61.3 Å². The summed E-state index contributed by atoms with van der Waals surface area (Å²) in [5.41, 5.74) is 5.13. The van der Waals surface area contributed by atoms with Crippen LogP contribution in [0.2, 0.25) is 10.0 Å². The first-order valence-electron chi connectivity index (χ1n) is 14.5. The third kappa shape index (κ3) is 12.8. The number of aliphatic hydroxyl groups is 2. The van der Waals surface area contributed by atoms with E-state index in [1.165, 1.54) is 26.4 Å². The fraction of sp³-hybridized carbons (Fsp3) is 0.206. The molecule has 0 spiro atoms.